The second kappa shape index (κ2) is 17.3. The van der Waals surface area contributed by atoms with Gasteiger partial charge in [0.25, 0.3) is 0 Å². The fourth-order valence-corrected chi connectivity index (χ4v) is 0. The fraction of sp³-hybridized carbons (Fsp3) is 0. The lowest BCUT2D eigenvalue weighted by Crippen LogP contribution is -2.18. The van der Waals surface area contributed by atoms with E-state index in [9.17, 15) is 0 Å². The average molecular weight is 114 g/mol. The van der Waals surface area contributed by atoms with Crippen molar-refractivity contribution in [2.24, 2.45) is 11.5 Å². The van der Waals surface area contributed by atoms with Gasteiger partial charge in [0.05, 0.1) is 0 Å². The third kappa shape index (κ3) is 908. The number of hydrogen-bond acceptors (Lipinski definition) is 2. The maximum atomic E-state index is 9.00. The lowest BCUT2D eigenvalue weighted by atomic mass is 11.2. The number of rotatable bonds is 0. The molecule has 0 spiro atoms. The van der Waals surface area contributed by atoms with Crippen molar-refractivity contribution in [1.82, 2.24) is 0 Å². The Bertz CT molecular complexity index is 45.0. The van der Waals surface area contributed by atoms with E-state index >= 15 is 0 Å². The highest BCUT2D eigenvalue weighted by Crippen LogP contribution is 1.25. The molecule has 0 aliphatic heterocycles. The molecule has 0 rings (SSSR count). The number of hydrogen-bond donors (Lipinski definition) is 2. The van der Waals surface area contributed by atoms with E-state index in [-0.39, 0.29) is 23.1 Å². The van der Waals surface area contributed by atoms with Gasteiger partial charge < -0.3 is 16.3 Å². The molecule has 38 valence electrons. The highest BCUT2D eigenvalue weighted by atomic mass is 24.3. The second-order valence-corrected chi connectivity index (χ2v) is 0.402. The number of amides is 2. The van der Waals surface area contributed by atoms with Crippen LogP contribution in [0.4, 0.5) is 4.79 Å². The summed E-state index contributed by atoms with van der Waals surface area (Å²) in [6, 6.07) is -0.833. The third-order valence-corrected chi connectivity index (χ3v) is 0. The van der Waals surface area contributed by atoms with Crippen molar-refractivity contribution in [1.29, 1.82) is 0 Å². The van der Waals surface area contributed by atoms with E-state index in [4.69, 9.17) is 9.59 Å². The van der Waals surface area contributed by atoms with Crippen LogP contribution in [0.15, 0.2) is 0 Å². The van der Waals surface area contributed by atoms with E-state index in [1.165, 1.54) is 0 Å². The number of carbonyl (C=O) groups excluding carboxylic acids is 2. The smallest absolute Gasteiger partial charge is 0.309 e. The van der Waals surface area contributed by atoms with E-state index in [1.807, 2.05) is 6.79 Å². The first-order chi connectivity index (χ1) is 2.73. The lowest BCUT2D eigenvalue weighted by Gasteiger charge is -1.62. The first-order valence-electron chi connectivity index (χ1n) is 1.07. The van der Waals surface area contributed by atoms with Crippen molar-refractivity contribution < 1.29 is 9.59 Å². The van der Waals surface area contributed by atoms with E-state index in [0.29, 0.717) is 0 Å². The molecule has 0 unspecified atom stereocenters. The zero-order valence-corrected chi connectivity index (χ0v) is 5.30. The lowest BCUT2D eigenvalue weighted by molar-refractivity contribution is -0.0979. The topological polar surface area (TPSA) is 86.2 Å². The van der Waals surface area contributed by atoms with E-state index in [1.54, 1.807) is 0 Å². The third-order valence-electron chi connectivity index (χ3n) is 0. The van der Waals surface area contributed by atoms with Crippen LogP contribution in [0.3, 0.4) is 0 Å². The van der Waals surface area contributed by atoms with Crippen LogP contribution in [-0.2, 0) is 4.79 Å². The predicted molar refractivity (Wildman–Crippen MR) is 26.6 cm³/mol. The zero-order valence-electron chi connectivity index (χ0n) is 3.89. The van der Waals surface area contributed by atoms with Gasteiger partial charge in [0, 0.05) is 23.1 Å². The molecule has 0 saturated heterocycles. The molecule has 4 nitrogen and oxygen atoms in total. The van der Waals surface area contributed by atoms with Crippen LogP contribution in [-0.4, -0.2) is 35.9 Å². The second-order valence-electron chi connectivity index (χ2n) is 0.402. The van der Waals surface area contributed by atoms with Crippen molar-refractivity contribution in [3.63, 3.8) is 0 Å². The minimum atomic E-state index is -0.833. The molecule has 0 bridgehead atoms. The molecule has 0 aliphatic carbocycles. The number of carbonyl (C=O) groups is 2. The molecule has 2 amide bonds. The van der Waals surface area contributed by atoms with Gasteiger partial charge in [0.15, 0.2) is 0 Å². The van der Waals surface area contributed by atoms with Crippen LogP contribution >= 0.6 is 0 Å². The molecule has 0 aliphatic rings. The van der Waals surface area contributed by atoms with Crippen LogP contribution < -0.4 is 11.5 Å². The molecule has 2 radical (unpaired) electrons. The molecule has 5 heteroatoms. The van der Waals surface area contributed by atoms with E-state index in [2.05, 4.69) is 11.5 Å². The largest absolute Gasteiger partial charge is 0.352 e. The molecule has 0 saturated carbocycles. The predicted octanol–water partition coefficient (Wildman–Crippen LogP) is -1.54. The van der Waals surface area contributed by atoms with Gasteiger partial charge in [-0.05, 0) is 0 Å². The van der Waals surface area contributed by atoms with Crippen molar-refractivity contribution in [3.05, 3.63) is 0 Å². The summed E-state index contributed by atoms with van der Waals surface area (Å²) in [6.45, 7) is 2.00. The molecule has 0 atom stereocenters. The fourth-order valence-electron chi connectivity index (χ4n) is 0. The Hall–Kier alpha value is -0.294. The van der Waals surface area contributed by atoms with Gasteiger partial charge in [-0.1, -0.05) is 0 Å². The summed E-state index contributed by atoms with van der Waals surface area (Å²) in [5.41, 5.74) is 8.50. The molecular weight excluding hydrogens is 108 g/mol. The molecule has 0 fully saturated rings. The van der Waals surface area contributed by atoms with Crippen LogP contribution in [0.1, 0.15) is 0 Å². The maximum Gasteiger partial charge on any atom is 0.309 e. The number of nitrogens with two attached hydrogens (primary N) is 2. The average Bonchev–Trinajstić information content (AvgIpc) is 1.41. The Kier molecular flexibility index (Phi) is 39.2. The van der Waals surface area contributed by atoms with Gasteiger partial charge in [0.2, 0.25) is 0 Å². The molecule has 7 heavy (non-hydrogen) atoms. The number of urea groups is 1. The quantitative estimate of drug-likeness (QED) is 0.374. The first kappa shape index (κ1) is 15.9. The highest BCUT2D eigenvalue weighted by Gasteiger charge is 1.60. The monoisotopic (exact) mass is 114 g/mol. The minimum Gasteiger partial charge on any atom is -0.352 e. The molecule has 4 N–H and O–H groups in total. The van der Waals surface area contributed by atoms with Crippen molar-refractivity contribution in [3.8, 4) is 0 Å². The first-order valence-corrected chi connectivity index (χ1v) is 1.07. The Labute approximate surface area is 57.4 Å². The molecule has 0 aromatic carbocycles. The van der Waals surface area contributed by atoms with E-state index < -0.39 is 6.03 Å². The highest BCUT2D eigenvalue weighted by molar-refractivity contribution is 5.75. The molecule has 0 aromatic rings. The Morgan fingerprint density at radius 1 is 1.29 bits per heavy atom. The molecule has 0 aromatic heterocycles. The summed E-state index contributed by atoms with van der Waals surface area (Å²) in [4.78, 5) is 17.0. The van der Waals surface area contributed by atoms with Crippen LogP contribution in [0.2, 0.25) is 0 Å². The minimum absolute atomic E-state index is 0. The van der Waals surface area contributed by atoms with Crippen LogP contribution in [0.5, 0.6) is 0 Å². The summed E-state index contributed by atoms with van der Waals surface area (Å²) in [5.74, 6) is 0. The van der Waals surface area contributed by atoms with Gasteiger partial charge in [0.1, 0.15) is 6.79 Å². The summed E-state index contributed by atoms with van der Waals surface area (Å²) in [7, 11) is 0. The SMILES string of the molecule is C=O.NC(N)=O.[Mg]. The Morgan fingerprint density at radius 3 is 1.29 bits per heavy atom. The normalized spacial score (nSPS) is 4.00. The zero-order chi connectivity index (χ0) is 5.58. The van der Waals surface area contributed by atoms with Gasteiger partial charge in [-0.25, -0.2) is 4.79 Å². The van der Waals surface area contributed by atoms with Gasteiger partial charge in [-0.3, -0.25) is 0 Å². The summed E-state index contributed by atoms with van der Waals surface area (Å²) in [5, 5.41) is 0. The van der Waals surface area contributed by atoms with Gasteiger partial charge >= 0.3 is 6.03 Å². The number of primary amides is 2. The summed E-state index contributed by atoms with van der Waals surface area (Å²) >= 11 is 0. The standard InChI is InChI=1S/CH4N2O.CH2O.Mg/c2-1(3)4;1-2;/h(H4,2,3,4);1H2;. The van der Waals surface area contributed by atoms with Crippen molar-refractivity contribution in [2.45, 2.75) is 0 Å². The van der Waals surface area contributed by atoms with Crippen molar-refractivity contribution in [2.75, 3.05) is 0 Å². The van der Waals surface area contributed by atoms with Crippen LogP contribution in [0, 0.1) is 0 Å². The Balaban J connectivity index is -0.0000000480. The maximum absolute atomic E-state index is 9.00. The van der Waals surface area contributed by atoms with Gasteiger partial charge in [-0.15, -0.1) is 0 Å². The summed E-state index contributed by atoms with van der Waals surface area (Å²) in [6.07, 6.45) is 0. The Morgan fingerprint density at radius 2 is 1.29 bits per heavy atom. The van der Waals surface area contributed by atoms with Gasteiger partial charge in [-0.2, -0.15) is 0 Å². The molecular formula is C2H6MgN2O2. The van der Waals surface area contributed by atoms with E-state index in [0.717, 1.165) is 0 Å². The molecule has 0 heterocycles. The van der Waals surface area contributed by atoms with Crippen LogP contribution in [0.25, 0.3) is 0 Å². The summed E-state index contributed by atoms with van der Waals surface area (Å²) < 4.78 is 0. The van der Waals surface area contributed by atoms with Crippen molar-refractivity contribution >= 4 is 35.9 Å².